The van der Waals surface area contributed by atoms with E-state index in [1.54, 1.807) is 24.4 Å². The molecule has 188 valence electrons. The number of hydrogen-bond acceptors (Lipinski definition) is 6. The van der Waals surface area contributed by atoms with E-state index in [4.69, 9.17) is 4.74 Å². The van der Waals surface area contributed by atoms with Gasteiger partial charge in [-0.3, -0.25) is 15.1 Å². The Balaban J connectivity index is 1.44. The summed E-state index contributed by atoms with van der Waals surface area (Å²) in [5, 5.41) is 12.0. The van der Waals surface area contributed by atoms with Crippen molar-refractivity contribution >= 4 is 23.4 Å². The molecule has 3 amide bonds. The number of urea groups is 1. The highest BCUT2D eigenvalue weighted by Gasteiger charge is 2.26. The molecular formula is C27H32N6O3. The first kappa shape index (κ1) is 25.1. The summed E-state index contributed by atoms with van der Waals surface area (Å²) < 4.78 is 5.46. The Labute approximate surface area is 211 Å². The van der Waals surface area contributed by atoms with Gasteiger partial charge in [-0.1, -0.05) is 30.3 Å². The van der Waals surface area contributed by atoms with Gasteiger partial charge < -0.3 is 20.7 Å². The Hall–Kier alpha value is -3.98. The molecule has 1 aromatic heterocycles. The summed E-state index contributed by atoms with van der Waals surface area (Å²) in [6.45, 7) is 3.72. The van der Waals surface area contributed by atoms with Crippen LogP contribution in [0.5, 0.6) is 5.75 Å². The lowest BCUT2D eigenvalue weighted by atomic mass is 9.86. The number of anilines is 2. The fourth-order valence-corrected chi connectivity index (χ4v) is 4.36. The highest BCUT2D eigenvalue weighted by atomic mass is 16.5. The second-order valence-electron chi connectivity index (χ2n) is 8.89. The number of nitrogens with zero attached hydrogens (tertiary/aromatic N) is 2. The van der Waals surface area contributed by atoms with Crippen LogP contribution in [-0.4, -0.2) is 48.1 Å². The molecule has 1 aliphatic rings. The molecule has 3 aromatic rings. The van der Waals surface area contributed by atoms with Crippen molar-refractivity contribution in [3.63, 3.8) is 0 Å². The second-order valence-corrected chi connectivity index (χ2v) is 8.89. The van der Waals surface area contributed by atoms with Gasteiger partial charge in [0.15, 0.2) is 5.82 Å². The van der Waals surface area contributed by atoms with Crippen molar-refractivity contribution < 1.29 is 14.3 Å². The fraction of sp³-hybridized carbons (Fsp3) is 0.333. The average Bonchev–Trinajstić information content (AvgIpc) is 2.91. The van der Waals surface area contributed by atoms with Crippen molar-refractivity contribution in [3.8, 4) is 5.75 Å². The van der Waals surface area contributed by atoms with Crippen LogP contribution in [-0.2, 0) is 6.42 Å². The van der Waals surface area contributed by atoms with E-state index >= 15 is 0 Å². The molecule has 0 bridgehead atoms. The van der Waals surface area contributed by atoms with Gasteiger partial charge in [0.25, 0.3) is 5.91 Å². The van der Waals surface area contributed by atoms with Gasteiger partial charge in [0, 0.05) is 11.6 Å². The number of ether oxygens (including phenoxy) is 1. The summed E-state index contributed by atoms with van der Waals surface area (Å²) in [5.41, 5.74) is 2.85. The first-order valence-electron chi connectivity index (χ1n) is 12.1. The van der Waals surface area contributed by atoms with E-state index in [9.17, 15) is 9.59 Å². The molecule has 1 saturated heterocycles. The van der Waals surface area contributed by atoms with Gasteiger partial charge in [0.05, 0.1) is 30.9 Å². The van der Waals surface area contributed by atoms with Crippen LogP contribution in [0.4, 0.5) is 16.3 Å². The molecule has 36 heavy (non-hydrogen) atoms. The molecule has 4 N–H and O–H groups in total. The number of hydrogen-bond donors (Lipinski definition) is 4. The third-order valence-electron chi connectivity index (χ3n) is 6.30. The molecule has 2 heterocycles. The Bertz CT molecular complexity index is 1160. The maximum atomic E-state index is 13.3. The molecule has 0 spiro atoms. The number of aryl methyl sites for hydroxylation is 1. The molecule has 1 aliphatic heterocycles. The normalized spacial score (nSPS) is 14.5. The Morgan fingerprint density at radius 1 is 1.06 bits per heavy atom. The molecule has 1 fully saturated rings. The summed E-state index contributed by atoms with van der Waals surface area (Å²) in [5.74, 6) is 0.940. The van der Waals surface area contributed by atoms with Crippen LogP contribution in [0.2, 0.25) is 0 Å². The van der Waals surface area contributed by atoms with Gasteiger partial charge in [-0.15, -0.1) is 0 Å². The van der Waals surface area contributed by atoms with E-state index in [1.165, 1.54) is 18.9 Å². The summed E-state index contributed by atoms with van der Waals surface area (Å²) in [4.78, 5) is 33.9. The Morgan fingerprint density at radius 2 is 1.83 bits per heavy atom. The molecule has 9 nitrogen and oxygen atoms in total. The minimum atomic E-state index is -0.488. The van der Waals surface area contributed by atoms with Crippen molar-refractivity contribution in [3.05, 3.63) is 77.7 Å². The summed E-state index contributed by atoms with van der Waals surface area (Å²) >= 11 is 0. The Morgan fingerprint density at radius 3 is 2.53 bits per heavy atom. The molecule has 1 atom stereocenters. The van der Waals surface area contributed by atoms with Gasteiger partial charge in [-0.05, 0) is 69.0 Å². The monoisotopic (exact) mass is 488 g/mol. The van der Waals surface area contributed by atoms with Crippen molar-refractivity contribution in [2.24, 2.45) is 5.92 Å². The Kier molecular flexibility index (Phi) is 8.46. The summed E-state index contributed by atoms with van der Waals surface area (Å²) in [6, 6.07) is 14.7. The van der Waals surface area contributed by atoms with Crippen LogP contribution >= 0.6 is 0 Å². The van der Waals surface area contributed by atoms with Crippen LogP contribution in [0.25, 0.3) is 0 Å². The van der Waals surface area contributed by atoms with Crippen LogP contribution in [0, 0.1) is 12.8 Å². The predicted octanol–water partition coefficient (Wildman–Crippen LogP) is 3.78. The van der Waals surface area contributed by atoms with Gasteiger partial charge >= 0.3 is 6.03 Å². The molecule has 0 aliphatic carbocycles. The van der Waals surface area contributed by atoms with Crippen LogP contribution in [0.1, 0.15) is 34.5 Å². The van der Waals surface area contributed by atoms with Gasteiger partial charge in [-0.2, -0.15) is 0 Å². The topological polar surface area (TPSA) is 117 Å². The zero-order valence-electron chi connectivity index (χ0n) is 20.6. The number of rotatable bonds is 8. The molecule has 1 unspecified atom stereocenters. The zero-order chi connectivity index (χ0) is 25.3. The highest BCUT2D eigenvalue weighted by molar-refractivity contribution is 6.01. The molecule has 0 radical (unpaired) electrons. The minimum Gasteiger partial charge on any atom is -0.495 e. The number of aromatic nitrogens is 2. The number of carbonyl (C=O) groups excluding carboxylic acids is 2. The number of benzene rings is 2. The van der Waals surface area contributed by atoms with E-state index in [0.717, 1.165) is 38.0 Å². The van der Waals surface area contributed by atoms with E-state index in [-0.39, 0.29) is 11.9 Å². The number of methoxy groups -OCH3 is 1. The lowest BCUT2D eigenvalue weighted by molar-refractivity contribution is 0.0914. The van der Waals surface area contributed by atoms with Gasteiger partial charge in [0.1, 0.15) is 5.75 Å². The van der Waals surface area contributed by atoms with Crippen molar-refractivity contribution in [1.29, 1.82) is 0 Å². The second kappa shape index (κ2) is 12.1. The van der Waals surface area contributed by atoms with Crippen LogP contribution in [0.3, 0.4) is 0 Å². The minimum absolute atomic E-state index is 0.0205. The lowest BCUT2D eigenvalue weighted by Gasteiger charge is -2.31. The quantitative estimate of drug-likeness (QED) is 0.383. The van der Waals surface area contributed by atoms with Crippen molar-refractivity contribution in [1.82, 2.24) is 20.6 Å². The lowest BCUT2D eigenvalue weighted by Crippen LogP contribution is -2.45. The molecule has 4 rings (SSSR count). The first-order valence-corrected chi connectivity index (χ1v) is 12.1. The van der Waals surface area contributed by atoms with E-state index < -0.39 is 6.03 Å². The third-order valence-corrected chi connectivity index (χ3v) is 6.30. The number of carbonyl (C=O) groups is 2. The van der Waals surface area contributed by atoms with E-state index in [0.29, 0.717) is 28.7 Å². The summed E-state index contributed by atoms with van der Waals surface area (Å²) in [7, 11) is 1.50. The van der Waals surface area contributed by atoms with Gasteiger partial charge in [0.2, 0.25) is 0 Å². The van der Waals surface area contributed by atoms with E-state index in [1.807, 2.05) is 25.1 Å². The maximum Gasteiger partial charge on any atom is 0.324 e. The summed E-state index contributed by atoms with van der Waals surface area (Å²) in [6.07, 6.45) is 5.86. The van der Waals surface area contributed by atoms with E-state index in [2.05, 4.69) is 43.4 Å². The molecular weight excluding hydrogens is 456 g/mol. The van der Waals surface area contributed by atoms with Crippen molar-refractivity contribution in [2.45, 2.75) is 32.2 Å². The predicted molar refractivity (Wildman–Crippen MR) is 139 cm³/mol. The fourth-order valence-electron chi connectivity index (χ4n) is 4.36. The average molecular weight is 489 g/mol. The van der Waals surface area contributed by atoms with Gasteiger partial charge in [-0.25, -0.2) is 9.78 Å². The standard InChI is InChI=1S/C27H32N6O3/c1-18-16-30-25(17-29-18)33-27(35)32-22-9-8-21(15-24(22)36-2)26(34)31-23(20-10-12-28-13-11-20)14-19-6-4-3-5-7-19/h3-9,15-17,20,23,28H,10-14H2,1-2H3,(H,31,34)(H2,30,32,33,35). The number of piperidine rings is 1. The highest BCUT2D eigenvalue weighted by Crippen LogP contribution is 2.27. The van der Waals surface area contributed by atoms with Crippen LogP contribution < -0.4 is 26.0 Å². The third kappa shape index (κ3) is 6.79. The maximum absolute atomic E-state index is 13.3. The van der Waals surface area contributed by atoms with Crippen molar-refractivity contribution in [2.75, 3.05) is 30.8 Å². The number of nitrogens with one attached hydrogen (secondary N) is 4. The smallest absolute Gasteiger partial charge is 0.324 e. The molecule has 0 saturated carbocycles. The molecule has 2 aromatic carbocycles. The molecule has 9 heteroatoms. The van der Waals surface area contributed by atoms with Crippen LogP contribution in [0.15, 0.2) is 60.9 Å². The zero-order valence-corrected chi connectivity index (χ0v) is 20.6. The largest absolute Gasteiger partial charge is 0.495 e. The SMILES string of the molecule is COc1cc(C(=O)NC(Cc2ccccc2)C2CCNCC2)ccc1NC(=O)Nc1cnc(C)cn1. The first-order chi connectivity index (χ1) is 17.5. The number of amides is 3.